The number of fused-ring (bicyclic) bond motifs is 1. The quantitative estimate of drug-likeness (QED) is 0.594. The molecule has 0 spiro atoms. The highest BCUT2D eigenvalue weighted by molar-refractivity contribution is 6.66. The number of aromatic nitrogens is 1. The van der Waals surface area contributed by atoms with E-state index in [1.54, 1.807) is 6.08 Å². The van der Waals surface area contributed by atoms with Gasteiger partial charge in [0.05, 0.1) is 0 Å². The number of hydrogen-bond acceptors (Lipinski definition) is 1. The molecule has 0 aliphatic heterocycles. The lowest BCUT2D eigenvalue weighted by Gasteiger charge is -1.84. The summed E-state index contributed by atoms with van der Waals surface area (Å²) in [7, 11) is 0. The van der Waals surface area contributed by atoms with Crippen molar-refractivity contribution >= 4 is 33.8 Å². The van der Waals surface area contributed by atoms with Crippen molar-refractivity contribution in [1.29, 1.82) is 0 Å². The van der Waals surface area contributed by atoms with Gasteiger partial charge in [0.1, 0.15) is 0 Å². The molecule has 1 N–H and O–H groups in total. The van der Waals surface area contributed by atoms with E-state index in [1.165, 1.54) is 6.08 Å². The molecule has 0 amide bonds. The Morgan fingerprint density at radius 1 is 1.36 bits per heavy atom. The molecular weight excluding hydrogens is 198 g/mol. The van der Waals surface area contributed by atoms with Gasteiger partial charge < -0.3 is 4.98 Å². The Balaban J connectivity index is 2.40. The third kappa shape index (κ3) is 1.86. The van der Waals surface area contributed by atoms with Gasteiger partial charge in [-0.1, -0.05) is 18.2 Å². The highest BCUT2D eigenvalue weighted by Crippen LogP contribution is 2.15. The van der Waals surface area contributed by atoms with Gasteiger partial charge in [0, 0.05) is 11.2 Å². The van der Waals surface area contributed by atoms with E-state index >= 15 is 0 Å². The van der Waals surface area contributed by atoms with Crippen molar-refractivity contribution in [3.05, 3.63) is 42.1 Å². The van der Waals surface area contributed by atoms with Crippen molar-refractivity contribution < 1.29 is 4.79 Å². The fourth-order valence-corrected chi connectivity index (χ4v) is 1.40. The summed E-state index contributed by atoms with van der Waals surface area (Å²) in [6, 6.07) is 9.88. The fourth-order valence-electron chi connectivity index (χ4n) is 1.34. The molecule has 0 unspecified atom stereocenters. The van der Waals surface area contributed by atoms with Crippen LogP contribution in [-0.2, 0) is 4.79 Å². The number of H-pyrrole nitrogens is 1. The topological polar surface area (TPSA) is 32.9 Å². The minimum Gasteiger partial charge on any atom is -0.355 e. The summed E-state index contributed by atoms with van der Waals surface area (Å²) in [5.41, 5.74) is 1.93. The lowest BCUT2D eigenvalue weighted by Crippen LogP contribution is -1.75. The number of hydrogen-bond donors (Lipinski definition) is 1. The SMILES string of the molecule is O=C(Cl)C=Cc1cc2ccccc2[nH]1. The number of allylic oxidation sites excluding steroid dienone is 1. The van der Waals surface area contributed by atoms with Crippen LogP contribution in [0.15, 0.2) is 36.4 Å². The molecule has 0 bridgehead atoms. The highest BCUT2D eigenvalue weighted by Gasteiger charge is 1.96. The first-order valence-corrected chi connectivity index (χ1v) is 4.59. The number of aromatic amines is 1. The molecule has 0 fully saturated rings. The minimum atomic E-state index is -0.469. The lowest BCUT2D eigenvalue weighted by molar-refractivity contribution is -0.107. The number of halogens is 1. The summed E-state index contributed by atoms with van der Waals surface area (Å²) in [5, 5.41) is 0.651. The van der Waals surface area contributed by atoms with Gasteiger partial charge in [0.25, 0.3) is 0 Å². The Bertz CT molecular complexity index is 466. The summed E-state index contributed by atoms with van der Waals surface area (Å²) in [5.74, 6) is 0. The normalized spacial score (nSPS) is 11.2. The zero-order valence-corrected chi connectivity index (χ0v) is 8.08. The number of rotatable bonds is 2. The van der Waals surface area contributed by atoms with Crippen LogP contribution in [-0.4, -0.2) is 10.2 Å². The van der Waals surface area contributed by atoms with Crippen LogP contribution in [0.3, 0.4) is 0 Å². The fraction of sp³-hybridized carbons (Fsp3) is 0. The van der Waals surface area contributed by atoms with Crippen LogP contribution < -0.4 is 0 Å². The van der Waals surface area contributed by atoms with Crippen LogP contribution in [0, 0.1) is 0 Å². The average molecular weight is 206 g/mol. The van der Waals surface area contributed by atoms with Crippen LogP contribution in [0.2, 0.25) is 0 Å². The molecule has 2 aromatic rings. The molecule has 1 heterocycles. The van der Waals surface area contributed by atoms with Crippen molar-refractivity contribution in [3.8, 4) is 0 Å². The number of para-hydroxylation sites is 1. The smallest absolute Gasteiger partial charge is 0.245 e. The molecule has 0 saturated heterocycles. The molecule has 0 atom stereocenters. The van der Waals surface area contributed by atoms with Crippen LogP contribution in [0.4, 0.5) is 0 Å². The first-order valence-electron chi connectivity index (χ1n) is 4.21. The van der Waals surface area contributed by atoms with Crippen LogP contribution in [0.25, 0.3) is 17.0 Å². The Labute approximate surface area is 86.2 Å². The van der Waals surface area contributed by atoms with Crippen molar-refractivity contribution in [2.24, 2.45) is 0 Å². The molecule has 1 aromatic carbocycles. The monoisotopic (exact) mass is 205 g/mol. The summed E-state index contributed by atoms with van der Waals surface area (Å²) in [4.78, 5) is 13.7. The largest absolute Gasteiger partial charge is 0.355 e. The molecule has 0 aliphatic rings. The molecule has 3 heteroatoms. The van der Waals surface area contributed by atoms with Gasteiger partial charge in [-0.3, -0.25) is 4.79 Å². The second-order valence-electron chi connectivity index (χ2n) is 2.95. The lowest BCUT2D eigenvalue weighted by atomic mass is 10.2. The van der Waals surface area contributed by atoms with E-state index in [2.05, 4.69) is 4.98 Å². The maximum Gasteiger partial charge on any atom is 0.245 e. The number of carbonyl (C=O) groups excluding carboxylic acids is 1. The van der Waals surface area contributed by atoms with Crippen LogP contribution in [0.1, 0.15) is 5.69 Å². The van der Waals surface area contributed by atoms with Crippen molar-refractivity contribution in [3.63, 3.8) is 0 Å². The summed E-state index contributed by atoms with van der Waals surface area (Å²) in [6.45, 7) is 0. The summed E-state index contributed by atoms with van der Waals surface area (Å²) in [6.07, 6.45) is 2.99. The predicted octanol–water partition coefficient (Wildman–Crippen LogP) is 2.95. The molecular formula is C11H8ClNO. The van der Waals surface area contributed by atoms with Gasteiger partial charge in [-0.25, -0.2) is 0 Å². The average Bonchev–Trinajstić information content (AvgIpc) is 2.57. The molecule has 70 valence electrons. The van der Waals surface area contributed by atoms with E-state index in [-0.39, 0.29) is 0 Å². The third-order valence-electron chi connectivity index (χ3n) is 1.94. The molecule has 2 nitrogen and oxygen atoms in total. The van der Waals surface area contributed by atoms with Crippen LogP contribution >= 0.6 is 11.6 Å². The van der Waals surface area contributed by atoms with E-state index in [1.807, 2.05) is 30.3 Å². The maximum atomic E-state index is 10.5. The van der Waals surface area contributed by atoms with Crippen molar-refractivity contribution in [2.75, 3.05) is 0 Å². The Hall–Kier alpha value is -1.54. The van der Waals surface area contributed by atoms with E-state index in [0.29, 0.717) is 0 Å². The number of benzene rings is 1. The van der Waals surface area contributed by atoms with Gasteiger partial charge >= 0.3 is 0 Å². The predicted molar refractivity (Wildman–Crippen MR) is 58.2 cm³/mol. The van der Waals surface area contributed by atoms with Crippen molar-refractivity contribution in [2.45, 2.75) is 0 Å². The Kier molecular flexibility index (Phi) is 2.37. The van der Waals surface area contributed by atoms with E-state index < -0.39 is 5.24 Å². The van der Waals surface area contributed by atoms with E-state index in [4.69, 9.17) is 11.6 Å². The van der Waals surface area contributed by atoms with E-state index in [0.717, 1.165) is 16.6 Å². The Morgan fingerprint density at radius 2 is 2.14 bits per heavy atom. The van der Waals surface area contributed by atoms with Crippen molar-refractivity contribution in [1.82, 2.24) is 4.98 Å². The number of carbonyl (C=O) groups is 1. The van der Waals surface area contributed by atoms with Gasteiger partial charge in [-0.2, -0.15) is 0 Å². The van der Waals surface area contributed by atoms with Gasteiger partial charge in [-0.05, 0) is 41.3 Å². The Morgan fingerprint density at radius 3 is 2.86 bits per heavy atom. The van der Waals surface area contributed by atoms with E-state index in [9.17, 15) is 4.79 Å². The molecule has 2 rings (SSSR count). The maximum absolute atomic E-state index is 10.5. The molecule has 1 aromatic heterocycles. The molecule has 0 radical (unpaired) electrons. The first kappa shape index (κ1) is 9.03. The minimum absolute atomic E-state index is 0.469. The molecule has 0 saturated carbocycles. The zero-order chi connectivity index (χ0) is 9.97. The third-order valence-corrected chi connectivity index (χ3v) is 2.07. The van der Waals surface area contributed by atoms with Crippen LogP contribution in [0.5, 0.6) is 0 Å². The van der Waals surface area contributed by atoms with Gasteiger partial charge in [0.2, 0.25) is 5.24 Å². The second kappa shape index (κ2) is 3.68. The molecule has 0 aliphatic carbocycles. The zero-order valence-electron chi connectivity index (χ0n) is 7.33. The summed E-state index contributed by atoms with van der Waals surface area (Å²) >= 11 is 5.19. The number of nitrogens with one attached hydrogen (secondary N) is 1. The highest BCUT2D eigenvalue weighted by atomic mass is 35.5. The standard InChI is InChI=1S/C11H8ClNO/c12-11(14)6-5-9-7-8-3-1-2-4-10(8)13-9/h1-7,13H. The van der Waals surface area contributed by atoms with Gasteiger partial charge in [-0.15, -0.1) is 0 Å². The molecule has 14 heavy (non-hydrogen) atoms. The first-order chi connectivity index (χ1) is 6.75. The summed E-state index contributed by atoms with van der Waals surface area (Å²) < 4.78 is 0. The second-order valence-corrected chi connectivity index (χ2v) is 3.32. The van der Waals surface area contributed by atoms with Gasteiger partial charge in [0.15, 0.2) is 0 Å².